The molecule has 0 aromatic heterocycles. The number of allylic oxidation sites excluding steroid dienone is 2. The van der Waals surface area contributed by atoms with Crippen LogP contribution in [0.3, 0.4) is 0 Å². The maximum absolute atomic E-state index is 14.9. The first-order chi connectivity index (χ1) is 57.6. The first-order valence-electron chi connectivity index (χ1n) is 48.3. The second-order valence-corrected chi connectivity index (χ2v) is 36.3. The molecule has 25 nitrogen and oxygen atoms in total. The third-order valence-corrected chi connectivity index (χ3v) is 24.9. The van der Waals surface area contributed by atoms with Gasteiger partial charge in [-0.3, -0.25) is 28.2 Å². The van der Waals surface area contributed by atoms with Crippen LogP contribution in [-0.4, -0.2) is 205 Å². The van der Waals surface area contributed by atoms with Crippen LogP contribution in [0, 0.1) is 5.92 Å². The largest absolute Gasteiger partial charge is 0.472 e. The monoisotopic (exact) mass is 1720 g/mol. The van der Waals surface area contributed by atoms with Crippen molar-refractivity contribution in [1.82, 2.24) is 0 Å². The first-order valence-corrected chi connectivity index (χ1v) is 49.8. The standard InChI is InChI=1S/C93H173O25P/c1-6-10-14-18-22-25-28-31-33-35-37-39-42-45-52-59-65-77(96)110-71-75-81(100)83(102)87(106)93(114-75)117-90-88(115-79(98)67-61-55-47-44-41-38-34-32-29-26-23-19-15-11-7-2)84(103)85(104)89(116-92-86(105)82(101)80(99)74(68-94)113-92)91(90)118-119(107,108)111-70-73(112-78(97)66-60-54-46-43-40-36-30-27-24-20-16-12-8-3)69-109-76(95)64-58-53-49-48-51-57-63-72(5)62-56-50-21-17-13-9-4/h36,40,72-75,80-94,99-106H,6-35,37-39,41-71H2,1-5H3,(H,107,108)/b40-36-. The van der Waals surface area contributed by atoms with Crippen LogP contribution >= 0.6 is 7.82 Å². The van der Waals surface area contributed by atoms with Crippen molar-refractivity contribution in [1.29, 1.82) is 0 Å². The summed E-state index contributed by atoms with van der Waals surface area (Å²) in [5.41, 5.74) is 0. The van der Waals surface area contributed by atoms with Gasteiger partial charge in [0.2, 0.25) is 0 Å². The number of unbranched alkanes of at least 4 members (excludes halogenated alkanes) is 48. The molecule has 3 fully saturated rings. The highest BCUT2D eigenvalue weighted by atomic mass is 31.2. The van der Waals surface area contributed by atoms with E-state index in [9.17, 15) is 74.6 Å². The number of carbonyl (C=O) groups is 4. The second-order valence-electron chi connectivity index (χ2n) is 34.9. The Kier molecular flexibility index (Phi) is 66.1. The van der Waals surface area contributed by atoms with Crippen molar-refractivity contribution in [2.45, 2.75) is 524 Å². The molecule has 3 aliphatic rings. The quantitative estimate of drug-likeness (QED) is 0.00889. The summed E-state index contributed by atoms with van der Waals surface area (Å²) in [5.74, 6) is -2.28. The van der Waals surface area contributed by atoms with E-state index in [1.807, 2.05) is 0 Å². The molecule has 1 aliphatic carbocycles. The van der Waals surface area contributed by atoms with Crippen LogP contribution in [0.1, 0.15) is 420 Å². The van der Waals surface area contributed by atoms with E-state index in [2.05, 4.69) is 46.8 Å². The number of hydrogen-bond acceptors (Lipinski definition) is 24. The molecule has 119 heavy (non-hydrogen) atoms. The number of ether oxygens (including phenoxy) is 8. The van der Waals surface area contributed by atoms with E-state index in [4.69, 9.17) is 46.9 Å². The normalized spacial score (nSPS) is 25.1. The zero-order valence-corrected chi connectivity index (χ0v) is 75.7. The topological polar surface area (TPSA) is 380 Å². The summed E-state index contributed by atoms with van der Waals surface area (Å²) < 4.78 is 73.5. The third kappa shape index (κ3) is 51.6. The molecular weight excluding hydrogens is 1550 g/mol. The number of aliphatic hydroxyl groups excluding tert-OH is 9. The van der Waals surface area contributed by atoms with E-state index in [0.29, 0.717) is 44.4 Å². The van der Waals surface area contributed by atoms with E-state index in [1.54, 1.807) is 0 Å². The van der Waals surface area contributed by atoms with Crippen LogP contribution in [0.5, 0.6) is 0 Å². The third-order valence-electron chi connectivity index (χ3n) is 23.9. The summed E-state index contributed by atoms with van der Waals surface area (Å²) in [5, 5.41) is 102. The zero-order valence-electron chi connectivity index (χ0n) is 74.8. The van der Waals surface area contributed by atoms with Gasteiger partial charge in [0.15, 0.2) is 24.8 Å². The zero-order chi connectivity index (χ0) is 86.9. The Bertz CT molecular complexity index is 2530. The van der Waals surface area contributed by atoms with Crippen LogP contribution in [-0.2, 0) is 70.7 Å². The minimum absolute atomic E-state index is 0.0183. The van der Waals surface area contributed by atoms with Crippen LogP contribution in [0.25, 0.3) is 0 Å². The van der Waals surface area contributed by atoms with E-state index < -0.39 is 162 Å². The number of carbonyl (C=O) groups excluding carboxylic acids is 4. The van der Waals surface area contributed by atoms with Gasteiger partial charge < -0.3 is 88.7 Å². The number of aliphatic hydroxyl groups is 9. The van der Waals surface area contributed by atoms with Crippen molar-refractivity contribution in [3.63, 3.8) is 0 Å². The average Bonchev–Trinajstić information content (AvgIpc) is 0.753. The van der Waals surface area contributed by atoms with Gasteiger partial charge in [-0.15, -0.1) is 0 Å². The fraction of sp³-hybridized carbons (Fsp3) is 0.935. The molecule has 1 saturated carbocycles. The highest BCUT2D eigenvalue weighted by molar-refractivity contribution is 7.47. The highest BCUT2D eigenvalue weighted by Gasteiger charge is 2.60. The first kappa shape index (κ1) is 110. The smallest absolute Gasteiger partial charge is 0.463 e. The Balaban J connectivity index is 1.91. The maximum Gasteiger partial charge on any atom is 0.472 e. The Labute approximate surface area is 718 Å². The van der Waals surface area contributed by atoms with E-state index in [-0.39, 0.29) is 25.7 Å². The van der Waals surface area contributed by atoms with Gasteiger partial charge in [0.25, 0.3) is 0 Å². The summed E-state index contributed by atoms with van der Waals surface area (Å²) >= 11 is 0. The van der Waals surface area contributed by atoms with Crippen molar-refractivity contribution in [2.75, 3.05) is 26.4 Å². The molecule has 700 valence electrons. The molecule has 10 N–H and O–H groups in total. The van der Waals surface area contributed by atoms with Gasteiger partial charge >= 0.3 is 31.7 Å². The molecule has 2 heterocycles. The van der Waals surface area contributed by atoms with Crippen molar-refractivity contribution in [3.8, 4) is 0 Å². The summed E-state index contributed by atoms with van der Waals surface area (Å²) in [7, 11) is -5.81. The van der Waals surface area contributed by atoms with Gasteiger partial charge in [-0.2, -0.15) is 0 Å². The van der Waals surface area contributed by atoms with Crippen LogP contribution < -0.4 is 0 Å². The van der Waals surface area contributed by atoms with Gasteiger partial charge in [0, 0.05) is 25.7 Å². The van der Waals surface area contributed by atoms with Gasteiger partial charge in [-0.05, 0) is 57.3 Å². The van der Waals surface area contributed by atoms with Gasteiger partial charge in [-0.25, -0.2) is 4.57 Å². The van der Waals surface area contributed by atoms with Crippen molar-refractivity contribution >= 4 is 31.7 Å². The van der Waals surface area contributed by atoms with Crippen molar-refractivity contribution in [3.05, 3.63) is 12.2 Å². The molecule has 19 unspecified atom stereocenters. The Morgan fingerprint density at radius 3 is 1.09 bits per heavy atom. The molecule has 2 aliphatic heterocycles. The second kappa shape index (κ2) is 71.3. The maximum atomic E-state index is 14.9. The molecule has 0 radical (unpaired) electrons. The number of esters is 4. The van der Waals surface area contributed by atoms with E-state index in [1.165, 1.54) is 199 Å². The Morgan fingerprint density at radius 1 is 0.353 bits per heavy atom. The predicted molar refractivity (Wildman–Crippen MR) is 463 cm³/mol. The number of hydrogen-bond donors (Lipinski definition) is 10. The van der Waals surface area contributed by atoms with Crippen molar-refractivity contribution in [2.24, 2.45) is 5.92 Å². The van der Waals surface area contributed by atoms with E-state index in [0.717, 1.165) is 122 Å². The van der Waals surface area contributed by atoms with Gasteiger partial charge in [-0.1, -0.05) is 355 Å². The molecule has 3 rings (SSSR count). The lowest BCUT2D eigenvalue weighted by Crippen LogP contribution is -2.70. The summed E-state index contributed by atoms with van der Waals surface area (Å²) in [6, 6.07) is 0. The minimum atomic E-state index is -5.81. The molecule has 26 heteroatoms. The SMILES string of the molecule is CCCCCCCC/C=C\CCCCCC(=O)OC(COC(=O)CCCCCCCCC(C)CCCCCCCC)COP(=O)(O)OC1C(OC2OC(CO)C(O)C(O)C2O)C(O)C(O)C(OC(=O)CCCCCCCCCCCCCCCCC)C1OC1OC(COC(=O)CCCCCCCCCCCCCCCCCC)C(O)C(O)C1O. The Hall–Kier alpha value is -2.79. The fourth-order valence-electron chi connectivity index (χ4n) is 16.1. The number of rotatable bonds is 78. The minimum Gasteiger partial charge on any atom is -0.463 e. The highest BCUT2D eigenvalue weighted by Crippen LogP contribution is 2.49. The molecule has 0 bridgehead atoms. The predicted octanol–water partition coefficient (Wildman–Crippen LogP) is 18.2. The lowest BCUT2D eigenvalue weighted by Gasteiger charge is -2.50. The van der Waals surface area contributed by atoms with Crippen LogP contribution in [0.4, 0.5) is 0 Å². The molecule has 0 spiro atoms. The summed E-state index contributed by atoms with van der Waals surface area (Å²) in [6.07, 6.45) is 29.1. The molecule has 0 aromatic carbocycles. The number of phosphoric acid groups is 1. The number of phosphoric ester groups is 1. The van der Waals surface area contributed by atoms with Gasteiger partial charge in [0.05, 0.1) is 13.2 Å². The Morgan fingerprint density at radius 2 is 0.681 bits per heavy atom. The fourth-order valence-corrected chi connectivity index (χ4v) is 17.1. The molecule has 2 saturated heterocycles. The molecule has 19 atom stereocenters. The van der Waals surface area contributed by atoms with E-state index >= 15 is 0 Å². The van der Waals surface area contributed by atoms with Crippen LogP contribution in [0.15, 0.2) is 12.2 Å². The van der Waals surface area contributed by atoms with Crippen LogP contribution in [0.2, 0.25) is 0 Å². The average molecular weight is 1720 g/mol. The lowest BCUT2D eigenvalue weighted by atomic mass is 9.84. The van der Waals surface area contributed by atoms with Gasteiger partial charge in [0.1, 0.15) is 92.6 Å². The molecule has 0 aromatic rings. The molecular formula is C93H173O25P. The summed E-state index contributed by atoms with van der Waals surface area (Å²) in [4.78, 5) is 66.6. The lowest BCUT2D eigenvalue weighted by molar-refractivity contribution is -0.360. The van der Waals surface area contributed by atoms with Crippen molar-refractivity contribution < 1.29 is 122 Å². The molecule has 0 amide bonds. The summed E-state index contributed by atoms with van der Waals surface area (Å²) in [6.45, 7) is 7.94.